The van der Waals surface area contributed by atoms with Gasteiger partial charge >= 0.3 is 5.97 Å². The highest BCUT2D eigenvalue weighted by molar-refractivity contribution is 5.78. The molecule has 0 aromatic heterocycles. The molecule has 0 heterocycles. The van der Waals surface area contributed by atoms with Crippen molar-refractivity contribution in [3.8, 4) is 0 Å². The van der Waals surface area contributed by atoms with Gasteiger partial charge < -0.3 is 10.4 Å². The van der Waals surface area contributed by atoms with Crippen LogP contribution in [0.25, 0.3) is 0 Å². The Morgan fingerprint density at radius 2 is 2.33 bits per heavy atom. The van der Waals surface area contributed by atoms with Gasteiger partial charge in [0.05, 0.1) is 0 Å². The van der Waals surface area contributed by atoms with Crippen molar-refractivity contribution in [3.05, 3.63) is 12.7 Å². The summed E-state index contributed by atoms with van der Waals surface area (Å²) in [5.41, 5.74) is -0.789. The average molecular weight is 171 g/mol. The standard InChI is InChI=1S/C9H17NO2/c1-4-5-6-7-9(2,10-3)8(11)12/h4,10H,1,5-7H2,2-3H3,(H,11,12)/t9-/m1/s1. The van der Waals surface area contributed by atoms with Gasteiger partial charge in [0.2, 0.25) is 0 Å². The van der Waals surface area contributed by atoms with Gasteiger partial charge in [0.1, 0.15) is 5.54 Å². The zero-order chi connectivity index (χ0) is 9.61. The van der Waals surface area contributed by atoms with Crippen LogP contribution in [0.1, 0.15) is 26.2 Å². The van der Waals surface area contributed by atoms with E-state index in [4.69, 9.17) is 5.11 Å². The summed E-state index contributed by atoms with van der Waals surface area (Å²) in [6, 6.07) is 0. The molecule has 0 saturated carbocycles. The fourth-order valence-electron chi connectivity index (χ4n) is 0.939. The number of rotatable bonds is 6. The van der Waals surface area contributed by atoms with E-state index < -0.39 is 11.5 Å². The highest BCUT2D eigenvalue weighted by Crippen LogP contribution is 2.13. The average Bonchev–Trinajstić information content (AvgIpc) is 2.04. The Hall–Kier alpha value is -0.830. The second-order valence-corrected chi connectivity index (χ2v) is 3.07. The van der Waals surface area contributed by atoms with E-state index in [1.165, 1.54) is 0 Å². The van der Waals surface area contributed by atoms with Crippen LogP contribution in [0.3, 0.4) is 0 Å². The van der Waals surface area contributed by atoms with Crippen LogP contribution < -0.4 is 5.32 Å². The zero-order valence-corrected chi connectivity index (χ0v) is 7.76. The Balaban J connectivity index is 3.96. The smallest absolute Gasteiger partial charge is 0.323 e. The van der Waals surface area contributed by atoms with Gasteiger partial charge in [0.15, 0.2) is 0 Å². The van der Waals surface area contributed by atoms with Gasteiger partial charge in [0, 0.05) is 0 Å². The van der Waals surface area contributed by atoms with E-state index in [0.29, 0.717) is 6.42 Å². The van der Waals surface area contributed by atoms with Crippen LogP contribution in [0, 0.1) is 0 Å². The van der Waals surface area contributed by atoms with Crippen molar-refractivity contribution in [3.63, 3.8) is 0 Å². The van der Waals surface area contributed by atoms with E-state index in [1.807, 2.05) is 0 Å². The lowest BCUT2D eigenvalue weighted by Crippen LogP contribution is -2.47. The molecule has 0 radical (unpaired) electrons. The molecule has 0 aliphatic heterocycles. The van der Waals surface area contributed by atoms with Crippen LogP contribution in [0.2, 0.25) is 0 Å². The second-order valence-electron chi connectivity index (χ2n) is 3.07. The third kappa shape index (κ3) is 3.05. The third-order valence-electron chi connectivity index (χ3n) is 2.11. The summed E-state index contributed by atoms with van der Waals surface area (Å²) in [6.07, 6.45) is 4.15. The number of carboxylic acid groups (broad SMARTS) is 1. The molecule has 0 saturated heterocycles. The number of nitrogens with one attached hydrogen (secondary N) is 1. The Morgan fingerprint density at radius 1 is 1.75 bits per heavy atom. The maximum Gasteiger partial charge on any atom is 0.323 e. The molecule has 2 N–H and O–H groups in total. The van der Waals surface area contributed by atoms with Crippen LogP contribution in [0.15, 0.2) is 12.7 Å². The van der Waals surface area contributed by atoms with Gasteiger partial charge in [-0.1, -0.05) is 6.08 Å². The number of likely N-dealkylation sites (N-methyl/N-ethyl adjacent to an activating group) is 1. The molecule has 3 nitrogen and oxygen atoms in total. The number of allylic oxidation sites excluding steroid dienone is 1. The number of carbonyl (C=O) groups is 1. The number of carboxylic acids is 1. The minimum atomic E-state index is -0.797. The van der Waals surface area contributed by atoms with E-state index in [2.05, 4.69) is 11.9 Å². The number of hydrogen-bond acceptors (Lipinski definition) is 2. The molecule has 0 bridgehead atoms. The maximum absolute atomic E-state index is 10.8. The molecule has 0 unspecified atom stereocenters. The fraction of sp³-hybridized carbons (Fsp3) is 0.667. The molecule has 3 heteroatoms. The normalized spacial score (nSPS) is 15.2. The summed E-state index contributed by atoms with van der Waals surface area (Å²) in [5, 5.41) is 11.6. The lowest BCUT2D eigenvalue weighted by molar-refractivity contribution is -0.144. The van der Waals surface area contributed by atoms with Crippen molar-refractivity contribution < 1.29 is 9.90 Å². The molecule has 0 fully saturated rings. The number of hydrogen-bond donors (Lipinski definition) is 2. The van der Waals surface area contributed by atoms with Crippen LogP contribution >= 0.6 is 0 Å². The van der Waals surface area contributed by atoms with E-state index in [-0.39, 0.29) is 0 Å². The molecular weight excluding hydrogens is 154 g/mol. The second kappa shape index (κ2) is 4.93. The van der Waals surface area contributed by atoms with Crippen molar-refractivity contribution in [1.29, 1.82) is 0 Å². The Labute approximate surface area is 73.5 Å². The molecule has 0 aliphatic carbocycles. The SMILES string of the molecule is C=CCCC[C@@](C)(NC)C(=O)O. The van der Waals surface area contributed by atoms with Gasteiger partial charge in [0.25, 0.3) is 0 Å². The topological polar surface area (TPSA) is 49.3 Å². The molecule has 0 rings (SSSR count). The molecule has 0 aromatic carbocycles. The first-order chi connectivity index (χ1) is 5.56. The molecule has 0 aromatic rings. The van der Waals surface area contributed by atoms with E-state index in [0.717, 1.165) is 12.8 Å². The van der Waals surface area contributed by atoms with Gasteiger partial charge in [-0.25, -0.2) is 0 Å². The molecule has 12 heavy (non-hydrogen) atoms. The lowest BCUT2D eigenvalue weighted by Gasteiger charge is -2.23. The summed E-state index contributed by atoms with van der Waals surface area (Å²) in [6.45, 7) is 5.28. The maximum atomic E-state index is 10.8. The molecule has 0 spiro atoms. The summed E-state index contributed by atoms with van der Waals surface area (Å²) in [4.78, 5) is 10.8. The highest BCUT2D eigenvalue weighted by Gasteiger charge is 2.29. The summed E-state index contributed by atoms with van der Waals surface area (Å²) in [5.74, 6) is -0.797. The minimum absolute atomic E-state index is 0.630. The van der Waals surface area contributed by atoms with Gasteiger partial charge in [-0.3, -0.25) is 4.79 Å². The van der Waals surface area contributed by atoms with Gasteiger partial charge in [-0.2, -0.15) is 0 Å². The Kier molecular flexibility index (Phi) is 4.59. The van der Waals surface area contributed by atoms with Crippen LogP contribution in [0.5, 0.6) is 0 Å². The van der Waals surface area contributed by atoms with E-state index in [1.54, 1.807) is 20.0 Å². The monoisotopic (exact) mass is 171 g/mol. The number of unbranched alkanes of at least 4 members (excludes halogenated alkanes) is 1. The van der Waals surface area contributed by atoms with Crippen molar-refractivity contribution in [1.82, 2.24) is 5.32 Å². The summed E-state index contributed by atoms with van der Waals surface area (Å²) in [7, 11) is 1.67. The van der Waals surface area contributed by atoms with Crippen LogP contribution in [0.4, 0.5) is 0 Å². The first-order valence-corrected chi connectivity index (χ1v) is 4.10. The minimum Gasteiger partial charge on any atom is -0.480 e. The lowest BCUT2D eigenvalue weighted by atomic mass is 9.95. The zero-order valence-electron chi connectivity index (χ0n) is 7.76. The number of aliphatic carboxylic acids is 1. The van der Waals surface area contributed by atoms with Crippen molar-refractivity contribution in [2.45, 2.75) is 31.7 Å². The Bertz CT molecular complexity index is 168. The molecule has 0 aliphatic rings. The van der Waals surface area contributed by atoms with Crippen molar-refractivity contribution in [2.24, 2.45) is 0 Å². The largest absolute Gasteiger partial charge is 0.480 e. The first-order valence-electron chi connectivity index (χ1n) is 4.10. The third-order valence-corrected chi connectivity index (χ3v) is 2.11. The van der Waals surface area contributed by atoms with Crippen molar-refractivity contribution in [2.75, 3.05) is 7.05 Å². The van der Waals surface area contributed by atoms with Crippen LogP contribution in [-0.2, 0) is 4.79 Å². The summed E-state index contributed by atoms with van der Waals surface area (Å²) < 4.78 is 0. The quantitative estimate of drug-likeness (QED) is 0.469. The van der Waals surface area contributed by atoms with Crippen molar-refractivity contribution >= 4 is 5.97 Å². The molecule has 0 amide bonds. The summed E-state index contributed by atoms with van der Waals surface area (Å²) >= 11 is 0. The molecule has 70 valence electrons. The van der Waals surface area contributed by atoms with Gasteiger partial charge in [-0.05, 0) is 33.2 Å². The van der Waals surface area contributed by atoms with E-state index in [9.17, 15) is 4.79 Å². The molecular formula is C9H17NO2. The first kappa shape index (κ1) is 11.2. The Morgan fingerprint density at radius 3 is 2.67 bits per heavy atom. The molecule has 1 atom stereocenters. The van der Waals surface area contributed by atoms with Crippen LogP contribution in [-0.4, -0.2) is 23.7 Å². The van der Waals surface area contributed by atoms with E-state index >= 15 is 0 Å². The highest BCUT2D eigenvalue weighted by atomic mass is 16.4. The fourth-order valence-corrected chi connectivity index (χ4v) is 0.939. The van der Waals surface area contributed by atoms with Gasteiger partial charge in [-0.15, -0.1) is 6.58 Å². The predicted octanol–water partition coefficient (Wildman–Crippen LogP) is 1.41. The predicted molar refractivity (Wildman–Crippen MR) is 49.1 cm³/mol.